The normalized spacial score (nSPS) is 21.4. The quantitative estimate of drug-likeness (QED) is 0.608. The first-order valence-corrected chi connectivity index (χ1v) is 11.0. The number of hydrogen-bond donors (Lipinski definition) is 1. The zero-order valence-electron chi connectivity index (χ0n) is 19.5. The van der Waals surface area contributed by atoms with Crippen LogP contribution in [0, 0.1) is 0 Å². The van der Waals surface area contributed by atoms with Crippen molar-refractivity contribution in [2.45, 2.75) is 44.6 Å². The van der Waals surface area contributed by atoms with Crippen LogP contribution in [0.5, 0.6) is 0 Å². The maximum atomic E-state index is 13.5. The van der Waals surface area contributed by atoms with Crippen LogP contribution in [0.25, 0.3) is 11.1 Å². The number of amides is 1. The first kappa shape index (κ1) is 21.8. The number of aliphatic imine (C=N–C) groups is 1. The lowest BCUT2D eigenvalue weighted by atomic mass is 9.73. The molecule has 0 saturated heterocycles. The van der Waals surface area contributed by atoms with Gasteiger partial charge in [0.25, 0.3) is 0 Å². The lowest BCUT2D eigenvalue weighted by molar-refractivity contribution is -0.130. The van der Waals surface area contributed by atoms with Crippen LogP contribution in [0.3, 0.4) is 0 Å². The molecular weight excluding hydrogens is 394 g/mol. The lowest BCUT2D eigenvalue weighted by Crippen LogP contribution is -2.52. The molecule has 0 aromatic heterocycles. The maximum Gasteiger partial charge on any atom is 0.239 e. The van der Waals surface area contributed by atoms with Crippen LogP contribution in [0.4, 0.5) is 0 Å². The smallest absolute Gasteiger partial charge is 0.239 e. The molecule has 2 atom stereocenters. The van der Waals surface area contributed by atoms with E-state index in [1.54, 1.807) is 7.05 Å². The van der Waals surface area contributed by atoms with E-state index in [-0.39, 0.29) is 17.3 Å². The summed E-state index contributed by atoms with van der Waals surface area (Å²) >= 11 is 0. The van der Waals surface area contributed by atoms with E-state index < -0.39 is 11.5 Å². The predicted molar refractivity (Wildman–Crippen MR) is 132 cm³/mol. The Hall–Kier alpha value is -3.40. The van der Waals surface area contributed by atoms with Gasteiger partial charge in [-0.3, -0.25) is 9.69 Å². The molecule has 0 saturated carbocycles. The van der Waals surface area contributed by atoms with Crippen molar-refractivity contribution >= 4 is 11.9 Å². The highest BCUT2D eigenvalue weighted by Crippen LogP contribution is 2.45. The zero-order chi connectivity index (χ0) is 23.1. The maximum absolute atomic E-state index is 13.5. The van der Waals surface area contributed by atoms with E-state index in [1.807, 2.05) is 37.3 Å². The third-order valence-electron chi connectivity index (χ3n) is 6.49. The Labute approximate surface area is 190 Å². The first-order chi connectivity index (χ1) is 15.1. The van der Waals surface area contributed by atoms with E-state index in [9.17, 15) is 4.79 Å². The summed E-state index contributed by atoms with van der Waals surface area (Å²) in [5.41, 5.74) is 10.8. The van der Waals surface area contributed by atoms with Crippen LogP contribution in [-0.4, -0.2) is 23.8 Å². The number of carbonyl (C=O) groups is 1. The molecule has 0 radical (unpaired) electrons. The van der Waals surface area contributed by atoms with E-state index in [4.69, 9.17) is 10.7 Å². The van der Waals surface area contributed by atoms with Crippen molar-refractivity contribution in [1.82, 2.24) is 4.90 Å². The van der Waals surface area contributed by atoms with Crippen LogP contribution in [0.2, 0.25) is 0 Å². The fourth-order valence-corrected chi connectivity index (χ4v) is 4.44. The van der Waals surface area contributed by atoms with Gasteiger partial charge in [0.05, 0.1) is 5.92 Å². The molecule has 0 fully saturated rings. The van der Waals surface area contributed by atoms with Gasteiger partial charge in [0.1, 0.15) is 5.54 Å². The minimum absolute atomic E-state index is 0.0434. The van der Waals surface area contributed by atoms with Crippen molar-refractivity contribution in [3.05, 3.63) is 95.6 Å². The molecule has 1 amide bonds. The monoisotopic (exact) mass is 425 g/mol. The Morgan fingerprint density at radius 3 is 2.16 bits per heavy atom. The van der Waals surface area contributed by atoms with E-state index in [2.05, 4.69) is 69.3 Å². The highest BCUT2D eigenvalue weighted by Gasteiger charge is 2.47. The van der Waals surface area contributed by atoms with Gasteiger partial charge >= 0.3 is 0 Å². The highest BCUT2D eigenvalue weighted by molar-refractivity contribution is 6.02. The van der Waals surface area contributed by atoms with Crippen LogP contribution in [0.15, 0.2) is 83.9 Å². The van der Waals surface area contributed by atoms with Crippen molar-refractivity contribution < 1.29 is 4.79 Å². The summed E-state index contributed by atoms with van der Waals surface area (Å²) in [7, 11) is 1.69. The van der Waals surface area contributed by atoms with Crippen LogP contribution < -0.4 is 5.73 Å². The highest BCUT2D eigenvalue weighted by atomic mass is 16.2. The molecule has 0 unspecified atom stereocenters. The van der Waals surface area contributed by atoms with Crippen LogP contribution in [0.1, 0.15) is 50.3 Å². The second-order valence-corrected chi connectivity index (χ2v) is 9.77. The van der Waals surface area contributed by atoms with E-state index in [1.165, 1.54) is 10.5 Å². The average molecular weight is 426 g/mol. The number of benzene rings is 3. The third-order valence-corrected chi connectivity index (χ3v) is 6.49. The molecular formula is C28H31N3O. The van der Waals surface area contributed by atoms with Gasteiger partial charge < -0.3 is 5.73 Å². The minimum atomic E-state index is -0.818. The van der Waals surface area contributed by atoms with E-state index >= 15 is 0 Å². The van der Waals surface area contributed by atoms with Gasteiger partial charge in [-0.1, -0.05) is 93.6 Å². The molecule has 3 aromatic rings. The molecule has 1 heterocycles. The molecule has 4 rings (SSSR count). The minimum Gasteiger partial charge on any atom is -0.369 e. The summed E-state index contributed by atoms with van der Waals surface area (Å²) < 4.78 is 0. The molecule has 1 aliphatic heterocycles. The molecule has 4 heteroatoms. The Morgan fingerprint density at radius 1 is 0.906 bits per heavy atom. The molecule has 0 spiro atoms. The number of likely N-dealkylation sites (N-methyl/N-ethyl adjacent to an activating group) is 1. The Morgan fingerprint density at radius 2 is 1.53 bits per heavy atom. The van der Waals surface area contributed by atoms with E-state index in [0.717, 1.165) is 22.3 Å². The lowest BCUT2D eigenvalue weighted by Gasteiger charge is -2.41. The fraction of sp³-hybridized carbons (Fsp3) is 0.286. The van der Waals surface area contributed by atoms with Crippen molar-refractivity contribution in [3.8, 4) is 11.1 Å². The van der Waals surface area contributed by atoms with E-state index in [0.29, 0.717) is 0 Å². The second-order valence-electron chi connectivity index (χ2n) is 9.77. The number of carbonyl (C=O) groups excluding carboxylic acids is 1. The summed E-state index contributed by atoms with van der Waals surface area (Å²) in [6.45, 7) is 8.57. The van der Waals surface area contributed by atoms with Crippen molar-refractivity contribution in [1.29, 1.82) is 0 Å². The predicted octanol–water partition coefficient (Wildman–Crippen LogP) is 5.44. The first-order valence-electron chi connectivity index (χ1n) is 11.0. The van der Waals surface area contributed by atoms with Crippen LogP contribution >= 0.6 is 0 Å². The third kappa shape index (κ3) is 3.81. The van der Waals surface area contributed by atoms with Gasteiger partial charge in [-0.25, -0.2) is 4.99 Å². The van der Waals surface area contributed by atoms with Gasteiger partial charge in [-0.05, 0) is 46.2 Å². The molecule has 32 heavy (non-hydrogen) atoms. The number of nitrogens with two attached hydrogens (primary N) is 1. The number of nitrogens with zero attached hydrogens (tertiary/aromatic N) is 2. The Bertz CT molecular complexity index is 1160. The fourth-order valence-electron chi connectivity index (χ4n) is 4.44. The summed E-state index contributed by atoms with van der Waals surface area (Å²) in [5.74, 6) is -0.279. The standard InChI is InChI=1S/C28H31N3O/c1-27(2,3)22-16-14-20(15-17-22)24-25(32)31(5)26(29)30-28(24,4)23-13-9-12-21(18-23)19-10-7-6-8-11-19/h6-18,24H,1-5H3,(H2,29,30)/t24-,28+/m0/s1. The number of hydrogen-bond acceptors (Lipinski definition) is 3. The molecule has 164 valence electrons. The van der Waals surface area contributed by atoms with Crippen molar-refractivity contribution in [2.24, 2.45) is 10.7 Å². The molecule has 2 N–H and O–H groups in total. The SMILES string of the molecule is CN1C(=O)[C@H](c2ccc(C(C)(C)C)cc2)[C@@](C)(c2cccc(-c3ccccc3)c2)N=C1N. The molecule has 0 aliphatic carbocycles. The second kappa shape index (κ2) is 7.94. The summed E-state index contributed by atoms with van der Waals surface area (Å²) in [6.07, 6.45) is 0. The van der Waals surface area contributed by atoms with Gasteiger partial charge in [-0.15, -0.1) is 0 Å². The average Bonchev–Trinajstić information content (AvgIpc) is 2.78. The molecule has 0 bridgehead atoms. The van der Waals surface area contributed by atoms with Crippen molar-refractivity contribution in [2.75, 3.05) is 7.05 Å². The number of rotatable bonds is 3. The summed E-state index contributed by atoms with van der Waals surface area (Å²) in [5, 5.41) is 0. The van der Waals surface area contributed by atoms with Gasteiger partial charge in [0.15, 0.2) is 5.96 Å². The molecule has 3 aromatic carbocycles. The van der Waals surface area contributed by atoms with Crippen molar-refractivity contribution in [3.63, 3.8) is 0 Å². The van der Waals surface area contributed by atoms with Crippen LogP contribution in [-0.2, 0) is 15.7 Å². The van der Waals surface area contributed by atoms with Gasteiger partial charge in [-0.2, -0.15) is 0 Å². The largest absolute Gasteiger partial charge is 0.369 e. The number of guanidine groups is 1. The Kier molecular flexibility index (Phi) is 5.41. The van der Waals surface area contributed by atoms with Gasteiger partial charge in [0.2, 0.25) is 5.91 Å². The molecule has 4 nitrogen and oxygen atoms in total. The topological polar surface area (TPSA) is 58.7 Å². The summed E-state index contributed by atoms with van der Waals surface area (Å²) in [4.78, 5) is 19.9. The summed E-state index contributed by atoms with van der Waals surface area (Å²) in [6, 6.07) is 26.9. The Balaban J connectivity index is 1.85. The molecule has 1 aliphatic rings. The van der Waals surface area contributed by atoms with Gasteiger partial charge in [0, 0.05) is 7.05 Å². The zero-order valence-corrected chi connectivity index (χ0v) is 19.5.